The Balaban J connectivity index is 1.21. The molecule has 2 aliphatic carbocycles. The third-order valence-electron chi connectivity index (χ3n) is 10.6. The first kappa shape index (κ1) is 33.3. The first-order valence-electron chi connectivity index (χ1n) is 16.1. The Labute approximate surface area is 306 Å². The Morgan fingerprint density at radius 1 is 0.765 bits per heavy atom. The summed E-state index contributed by atoms with van der Waals surface area (Å²) in [6.07, 6.45) is 1.56. The molecule has 0 aromatic heterocycles. The van der Waals surface area contributed by atoms with Crippen LogP contribution in [0.25, 0.3) is 0 Å². The number of alkyl halides is 2. The summed E-state index contributed by atoms with van der Waals surface area (Å²) in [4.78, 5) is 67.8. The van der Waals surface area contributed by atoms with Gasteiger partial charge in [0.05, 0.1) is 23.2 Å². The lowest BCUT2D eigenvalue weighted by Gasteiger charge is -2.50. The second-order valence-corrected chi connectivity index (χ2v) is 14.9. The normalized spacial score (nSPS) is 28.4. The Kier molecular flexibility index (Phi) is 7.75. The zero-order valence-corrected chi connectivity index (χ0v) is 28.7. The molecule has 0 spiro atoms. The van der Waals surface area contributed by atoms with Crippen LogP contribution in [0.5, 0.6) is 5.75 Å². The van der Waals surface area contributed by atoms with Gasteiger partial charge in [-0.05, 0) is 85.5 Å². The molecule has 2 heterocycles. The molecule has 51 heavy (non-hydrogen) atoms. The highest BCUT2D eigenvalue weighted by Crippen LogP contribution is 2.66. The van der Waals surface area contributed by atoms with Gasteiger partial charge in [0.25, 0.3) is 11.8 Å². The van der Waals surface area contributed by atoms with Gasteiger partial charge in [-0.3, -0.25) is 28.9 Å². The minimum Gasteiger partial charge on any atom is -0.508 e. The SMILES string of the molecule is O=C(c1ccccc1)c1ccc(N2C(=O)C3CC=C4C(CC5(Cl)C(=O)N(c6ccc(F)cc6)C(=O)C5(Cl)C4c4cc(Cl)ccc4O)C3C2=O)cc1. The van der Waals surface area contributed by atoms with E-state index in [1.165, 1.54) is 42.5 Å². The predicted octanol–water partition coefficient (Wildman–Crippen LogP) is 7.18. The lowest BCUT2D eigenvalue weighted by Crippen LogP contribution is -2.60. The number of ketones is 1. The van der Waals surface area contributed by atoms with Crippen molar-refractivity contribution in [2.75, 3.05) is 9.80 Å². The van der Waals surface area contributed by atoms with Crippen LogP contribution in [0.15, 0.2) is 109 Å². The second-order valence-electron chi connectivity index (χ2n) is 13.2. The molecule has 256 valence electrons. The number of anilines is 2. The summed E-state index contributed by atoms with van der Waals surface area (Å²) in [5.74, 6) is -7.77. The number of hydrogen-bond acceptors (Lipinski definition) is 6. The van der Waals surface area contributed by atoms with Crippen molar-refractivity contribution in [2.45, 2.75) is 28.5 Å². The summed E-state index contributed by atoms with van der Waals surface area (Å²) < 4.78 is 13.9. The van der Waals surface area contributed by atoms with Gasteiger partial charge >= 0.3 is 0 Å². The number of imide groups is 2. The van der Waals surface area contributed by atoms with Crippen molar-refractivity contribution in [1.29, 1.82) is 0 Å². The fraction of sp³-hybridized carbons (Fsp3) is 0.205. The lowest BCUT2D eigenvalue weighted by atomic mass is 9.56. The summed E-state index contributed by atoms with van der Waals surface area (Å²) in [7, 11) is 0. The van der Waals surface area contributed by atoms with Crippen molar-refractivity contribution in [1.82, 2.24) is 0 Å². The van der Waals surface area contributed by atoms with Crippen molar-refractivity contribution in [3.8, 4) is 5.75 Å². The second kappa shape index (κ2) is 11.9. The van der Waals surface area contributed by atoms with E-state index in [2.05, 4.69) is 0 Å². The Bertz CT molecular complexity index is 2210. The van der Waals surface area contributed by atoms with E-state index >= 15 is 0 Å². The lowest BCUT2D eigenvalue weighted by molar-refractivity contribution is -0.125. The predicted molar refractivity (Wildman–Crippen MR) is 189 cm³/mol. The van der Waals surface area contributed by atoms with Crippen molar-refractivity contribution in [2.24, 2.45) is 17.8 Å². The van der Waals surface area contributed by atoms with E-state index in [9.17, 15) is 33.5 Å². The van der Waals surface area contributed by atoms with Crippen LogP contribution in [0.2, 0.25) is 5.02 Å². The van der Waals surface area contributed by atoms with Gasteiger partial charge in [-0.2, -0.15) is 0 Å². The first-order chi connectivity index (χ1) is 24.4. The van der Waals surface area contributed by atoms with Crippen LogP contribution in [-0.4, -0.2) is 44.3 Å². The zero-order valence-electron chi connectivity index (χ0n) is 26.4. The molecule has 6 unspecified atom stereocenters. The number of nitrogens with zero attached hydrogens (tertiary/aromatic N) is 2. The van der Waals surface area contributed by atoms with Gasteiger partial charge < -0.3 is 5.11 Å². The van der Waals surface area contributed by atoms with Crippen LogP contribution in [0.1, 0.15) is 40.2 Å². The van der Waals surface area contributed by atoms with E-state index in [1.54, 1.807) is 48.5 Å². The Hall–Kier alpha value is -4.83. The van der Waals surface area contributed by atoms with Crippen molar-refractivity contribution >= 4 is 75.6 Å². The Morgan fingerprint density at radius 3 is 2.08 bits per heavy atom. The zero-order chi connectivity index (χ0) is 36.0. The molecule has 0 bridgehead atoms. The average molecular weight is 744 g/mol. The highest BCUT2D eigenvalue weighted by atomic mass is 35.5. The van der Waals surface area contributed by atoms with Crippen molar-refractivity contribution in [3.63, 3.8) is 0 Å². The molecule has 4 aliphatic rings. The molecule has 2 saturated heterocycles. The maximum atomic E-state index is 14.5. The number of halogens is 4. The monoisotopic (exact) mass is 742 g/mol. The molecule has 12 heteroatoms. The van der Waals surface area contributed by atoms with Crippen LogP contribution in [0.3, 0.4) is 0 Å². The van der Waals surface area contributed by atoms with Gasteiger partial charge in [0.15, 0.2) is 15.5 Å². The maximum absolute atomic E-state index is 14.5. The molecule has 2 aliphatic heterocycles. The Morgan fingerprint density at radius 2 is 1.39 bits per heavy atom. The van der Waals surface area contributed by atoms with Crippen LogP contribution < -0.4 is 9.80 Å². The molecule has 0 radical (unpaired) electrons. The molecule has 6 atom stereocenters. The number of aromatic hydroxyl groups is 1. The maximum Gasteiger partial charge on any atom is 0.258 e. The third kappa shape index (κ3) is 4.75. The highest BCUT2D eigenvalue weighted by Gasteiger charge is 2.77. The minimum atomic E-state index is -2.22. The molecule has 4 aromatic carbocycles. The molecular weight excluding hydrogens is 718 g/mol. The molecule has 8 nitrogen and oxygen atoms in total. The van der Waals surface area contributed by atoms with E-state index in [-0.39, 0.29) is 46.3 Å². The van der Waals surface area contributed by atoms with Gasteiger partial charge in [-0.15, -0.1) is 23.2 Å². The molecule has 1 N–H and O–H groups in total. The first-order valence-corrected chi connectivity index (χ1v) is 17.3. The summed E-state index contributed by atoms with van der Waals surface area (Å²) >= 11 is 21.1. The molecular formula is C39H26Cl3FN2O6. The van der Waals surface area contributed by atoms with Gasteiger partial charge in [-0.25, -0.2) is 9.29 Å². The van der Waals surface area contributed by atoms with Crippen molar-refractivity contribution < 1.29 is 33.5 Å². The molecule has 3 fully saturated rings. The largest absolute Gasteiger partial charge is 0.508 e. The number of carbonyl (C=O) groups is 5. The summed E-state index contributed by atoms with van der Waals surface area (Å²) in [5.41, 5.74) is 1.76. The molecule has 1 saturated carbocycles. The number of hydrogen-bond donors (Lipinski definition) is 1. The fourth-order valence-corrected chi connectivity index (χ4v) is 9.38. The smallest absolute Gasteiger partial charge is 0.258 e. The van der Waals surface area contributed by atoms with E-state index in [0.717, 1.165) is 21.9 Å². The highest BCUT2D eigenvalue weighted by molar-refractivity contribution is 6.58. The minimum absolute atomic E-state index is 0.0391. The number of benzene rings is 4. The van der Waals surface area contributed by atoms with Gasteiger partial charge in [0, 0.05) is 27.6 Å². The van der Waals surface area contributed by atoms with Crippen LogP contribution in [0.4, 0.5) is 15.8 Å². The number of rotatable bonds is 5. The standard InChI is InChI=1S/C39H26Cl3FN2O6/c40-22-8-17-30(46)28(18-22)32-26-15-16-27-31(29(26)19-38(41)36(50)45(37(51)39(32,38)42)25-13-9-23(43)10-14-25)35(49)44(34(27)48)24-11-6-21(7-12-24)33(47)20-4-2-1-3-5-20/h1-15,17-18,27,29,31-32,46H,16,19H2. The number of phenols is 1. The summed E-state index contributed by atoms with van der Waals surface area (Å²) in [6.45, 7) is 0. The number of phenolic OH excluding ortho intramolecular Hbond substituents is 1. The van der Waals surface area contributed by atoms with Crippen molar-refractivity contribution in [3.05, 3.63) is 136 Å². The molecule has 4 aromatic rings. The van der Waals surface area contributed by atoms with Crippen LogP contribution >= 0.6 is 34.8 Å². The molecule has 8 rings (SSSR count). The van der Waals surface area contributed by atoms with Crippen LogP contribution in [0, 0.1) is 23.6 Å². The molecule has 4 amide bonds. The third-order valence-corrected chi connectivity index (χ3v) is 12.3. The number of fused-ring (bicyclic) bond motifs is 4. The van der Waals surface area contributed by atoms with E-state index in [1.807, 2.05) is 0 Å². The summed E-state index contributed by atoms with van der Waals surface area (Å²) in [5, 5.41) is 11.4. The topological polar surface area (TPSA) is 112 Å². The average Bonchev–Trinajstić information content (AvgIpc) is 3.47. The summed E-state index contributed by atoms with van der Waals surface area (Å²) in [6, 6.07) is 23.8. The number of amides is 4. The quantitative estimate of drug-likeness (QED) is 0.100. The number of allylic oxidation sites excluding steroid dienone is 2. The van der Waals surface area contributed by atoms with E-state index in [0.29, 0.717) is 16.7 Å². The van der Waals surface area contributed by atoms with E-state index in [4.69, 9.17) is 34.8 Å². The van der Waals surface area contributed by atoms with Crippen LogP contribution in [-0.2, 0) is 19.2 Å². The van der Waals surface area contributed by atoms with E-state index < -0.39 is 62.9 Å². The van der Waals surface area contributed by atoms with Gasteiger partial charge in [0.1, 0.15) is 11.6 Å². The fourth-order valence-electron chi connectivity index (χ4n) is 8.27. The van der Waals surface area contributed by atoms with Gasteiger partial charge in [-0.1, -0.05) is 53.6 Å². The number of carbonyl (C=O) groups excluding carboxylic acids is 5. The van der Waals surface area contributed by atoms with Gasteiger partial charge in [0.2, 0.25) is 11.8 Å².